The average Bonchev–Trinajstić information content (AvgIpc) is 3.03. The SMILES string of the molecule is CCCCCCCCCCCCCCCCC(CCCCCCCCCCCCCCCCCC(N)=O)C(=O)OCC(O)CO. The van der Waals surface area contributed by atoms with Gasteiger partial charge in [0.25, 0.3) is 0 Å². The number of hydrogen-bond donors (Lipinski definition) is 3. The Morgan fingerprint density at radius 3 is 1.16 bits per heavy atom. The lowest BCUT2D eigenvalue weighted by Gasteiger charge is -2.17. The molecule has 268 valence electrons. The van der Waals surface area contributed by atoms with Crippen molar-refractivity contribution >= 4 is 11.9 Å². The van der Waals surface area contributed by atoms with Crippen LogP contribution in [0.1, 0.15) is 212 Å². The molecule has 0 rings (SSSR count). The molecule has 0 saturated carbocycles. The van der Waals surface area contributed by atoms with Crippen LogP contribution in [0.3, 0.4) is 0 Å². The Morgan fingerprint density at radius 2 is 0.844 bits per heavy atom. The van der Waals surface area contributed by atoms with Crippen LogP contribution in [0.2, 0.25) is 0 Å². The predicted octanol–water partition coefficient (Wildman–Crippen LogP) is 10.5. The maximum absolute atomic E-state index is 12.7. The van der Waals surface area contributed by atoms with Gasteiger partial charge >= 0.3 is 5.97 Å². The fourth-order valence-electron chi connectivity index (χ4n) is 6.30. The molecule has 2 unspecified atom stereocenters. The molecule has 0 aromatic rings. The second-order valence-corrected chi connectivity index (χ2v) is 13.9. The van der Waals surface area contributed by atoms with Gasteiger partial charge in [-0.15, -0.1) is 0 Å². The molecule has 0 aromatic heterocycles. The van der Waals surface area contributed by atoms with Crippen molar-refractivity contribution in [1.82, 2.24) is 0 Å². The van der Waals surface area contributed by atoms with Crippen LogP contribution >= 0.6 is 0 Å². The number of ether oxygens (including phenoxy) is 1. The Labute approximate surface area is 279 Å². The number of aliphatic hydroxyl groups excluding tert-OH is 2. The lowest BCUT2D eigenvalue weighted by molar-refractivity contribution is -0.152. The Morgan fingerprint density at radius 1 is 0.533 bits per heavy atom. The van der Waals surface area contributed by atoms with E-state index in [-0.39, 0.29) is 31.0 Å². The molecular formula is C39H77NO5. The maximum Gasteiger partial charge on any atom is 0.309 e. The van der Waals surface area contributed by atoms with Gasteiger partial charge in [-0.25, -0.2) is 0 Å². The van der Waals surface area contributed by atoms with Crippen molar-refractivity contribution in [3.05, 3.63) is 0 Å². The minimum atomic E-state index is -0.985. The second kappa shape index (κ2) is 35.7. The van der Waals surface area contributed by atoms with E-state index in [1.165, 1.54) is 161 Å². The standard InChI is InChI=1S/C39H77NO5/c1-2-3-4-5-6-7-8-9-13-16-19-22-25-28-31-36(39(44)45-35-37(42)34-41)32-29-26-23-20-17-14-11-10-12-15-18-21-24-27-30-33-38(40)43/h36-37,41-42H,2-35H2,1H3,(H2,40,43). The van der Waals surface area contributed by atoms with E-state index < -0.39 is 6.10 Å². The van der Waals surface area contributed by atoms with Gasteiger partial charge in [0, 0.05) is 6.42 Å². The molecule has 0 fully saturated rings. The van der Waals surface area contributed by atoms with Gasteiger partial charge in [0.05, 0.1) is 12.5 Å². The lowest BCUT2D eigenvalue weighted by atomic mass is 9.94. The summed E-state index contributed by atoms with van der Waals surface area (Å²) in [4.78, 5) is 23.5. The zero-order chi connectivity index (χ0) is 33.1. The summed E-state index contributed by atoms with van der Waals surface area (Å²) in [5.41, 5.74) is 5.18. The van der Waals surface area contributed by atoms with Gasteiger partial charge in [0.1, 0.15) is 12.7 Å². The number of rotatable bonds is 37. The summed E-state index contributed by atoms with van der Waals surface area (Å²) in [6, 6.07) is 0. The van der Waals surface area contributed by atoms with Crippen molar-refractivity contribution in [2.24, 2.45) is 11.7 Å². The van der Waals surface area contributed by atoms with Crippen molar-refractivity contribution in [1.29, 1.82) is 0 Å². The maximum atomic E-state index is 12.7. The highest BCUT2D eigenvalue weighted by Crippen LogP contribution is 2.22. The monoisotopic (exact) mass is 640 g/mol. The van der Waals surface area contributed by atoms with E-state index in [9.17, 15) is 14.7 Å². The molecule has 1 amide bonds. The van der Waals surface area contributed by atoms with Crippen molar-refractivity contribution in [2.45, 2.75) is 218 Å². The molecule has 0 bridgehead atoms. The minimum absolute atomic E-state index is 0.0802. The zero-order valence-electron chi connectivity index (χ0n) is 29.9. The third-order valence-corrected chi connectivity index (χ3v) is 9.34. The Balaban J connectivity index is 3.82. The molecular weight excluding hydrogens is 562 g/mol. The number of carbonyl (C=O) groups excluding carboxylic acids is 2. The first kappa shape index (κ1) is 43.9. The summed E-state index contributed by atoms with van der Waals surface area (Å²) >= 11 is 0. The van der Waals surface area contributed by atoms with Crippen LogP contribution in [0.25, 0.3) is 0 Å². The highest BCUT2D eigenvalue weighted by atomic mass is 16.5. The second-order valence-electron chi connectivity index (χ2n) is 13.9. The summed E-state index contributed by atoms with van der Waals surface area (Å²) < 4.78 is 5.35. The van der Waals surface area contributed by atoms with Crippen LogP contribution in [0.15, 0.2) is 0 Å². The summed E-state index contributed by atoms with van der Waals surface area (Å²) in [7, 11) is 0. The van der Waals surface area contributed by atoms with E-state index in [0.29, 0.717) is 6.42 Å². The van der Waals surface area contributed by atoms with Gasteiger partial charge in [-0.1, -0.05) is 187 Å². The third kappa shape index (κ3) is 34.0. The van der Waals surface area contributed by atoms with Gasteiger partial charge in [0.15, 0.2) is 0 Å². The van der Waals surface area contributed by atoms with E-state index in [1.807, 2.05) is 0 Å². The molecule has 0 aliphatic rings. The molecule has 0 aromatic carbocycles. The first-order valence-electron chi connectivity index (χ1n) is 19.7. The van der Waals surface area contributed by atoms with E-state index in [4.69, 9.17) is 15.6 Å². The number of carbonyl (C=O) groups is 2. The van der Waals surface area contributed by atoms with E-state index in [0.717, 1.165) is 38.5 Å². The number of esters is 1. The molecule has 0 saturated heterocycles. The van der Waals surface area contributed by atoms with Crippen molar-refractivity contribution in [2.75, 3.05) is 13.2 Å². The van der Waals surface area contributed by atoms with Gasteiger partial charge in [0.2, 0.25) is 5.91 Å². The van der Waals surface area contributed by atoms with Crippen LogP contribution in [0, 0.1) is 5.92 Å². The molecule has 6 nitrogen and oxygen atoms in total. The average molecular weight is 640 g/mol. The van der Waals surface area contributed by atoms with Crippen LogP contribution < -0.4 is 5.73 Å². The first-order chi connectivity index (χ1) is 22.0. The molecule has 0 heterocycles. The van der Waals surface area contributed by atoms with E-state index >= 15 is 0 Å². The third-order valence-electron chi connectivity index (χ3n) is 9.34. The molecule has 6 heteroatoms. The van der Waals surface area contributed by atoms with Gasteiger partial charge in [-0.05, 0) is 19.3 Å². The predicted molar refractivity (Wildman–Crippen MR) is 190 cm³/mol. The zero-order valence-corrected chi connectivity index (χ0v) is 29.9. The number of amides is 1. The van der Waals surface area contributed by atoms with Gasteiger partial charge < -0.3 is 20.7 Å². The van der Waals surface area contributed by atoms with E-state index in [2.05, 4.69) is 6.92 Å². The molecule has 4 N–H and O–H groups in total. The first-order valence-corrected chi connectivity index (χ1v) is 19.7. The number of hydrogen-bond acceptors (Lipinski definition) is 5. The molecule has 45 heavy (non-hydrogen) atoms. The fraction of sp³-hybridized carbons (Fsp3) is 0.949. The van der Waals surface area contributed by atoms with Crippen molar-refractivity contribution < 1.29 is 24.5 Å². The van der Waals surface area contributed by atoms with Crippen molar-refractivity contribution in [3.63, 3.8) is 0 Å². The van der Waals surface area contributed by atoms with Crippen LogP contribution in [-0.4, -0.2) is 41.4 Å². The molecule has 2 atom stereocenters. The smallest absolute Gasteiger partial charge is 0.309 e. The number of unbranched alkanes of at least 4 members (excludes halogenated alkanes) is 27. The fourth-order valence-corrected chi connectivity index (χ4v) is 6.30. The largest absolute Gasteiger partial charge is 0.463 e. The normalized spacial score (nSPS) is 12.8. The van der Waals surface area contributed by atoms with Crippen molar-refractivity contribution in [3.8, 4) is 0 Å². The summed E-state index contributed by atoms with van der Waals surface area (Å²) in [5.74, 6) is -0.451. The lowest BCUT2D eigenvalue weighted by Crippen LogP contribution is -2.25. The highest BCUT2D eigenvalue weighted by Gasteiger charge is 2.20. The molecule has 0 aliphatic heterocycles. The minimum Gasteiger partial charge on any atom is -0.463 e. The highest BCUT2D eigenvalue weighted by molar-refractivity contribution is 5.73. The number of primary amides is 1. The Bertz CT molecular complexity index is 629. The number of nitrogens with two attached hydrogens (primary N) is 1. The number of aliphatic hydroxyl groups is 2. The van der Waals surface area contributed by atoms with Crippen LogP contribution in [0.4, 0.5) is 0 Å². The summed E-state index contributed by atoms with van der Waals surface area (Å²) in [6.07, 6.45) is 38.5. The Hall–Kier alpha value is -1.14. The van der Waals surface area contributed by atoms with Gasteiger partial charge in [-0.2, -0.15) is 0 Å². The molecule has 0 aliphatic carbocycles. The molecule has 0 radical (unpaired) electrons. The van der Waals surface area contributed by atoms with Gasteiger partial charge in [-0.3, -0.25) is 9.59 Å². The quantitative estimate of drug-likeness (QED) is 0.0463. The van der Waals surface area contributed by atoms with E-state index in [1.54, 1.807) is 0 Å². The Kier molecular flexibility index (Phi) is 34.8. The molecule has 0 spiro atoms. The summed E-state index contributed by atoms with van der Waals surface area (Å²) in [6.45, 7) is 1.79. The van der Waals surface area contributed by atoms with Crippen LogP contribution in [0.5, 0.6) is 0 Å². The summed E-state index contributed by atoms with van der Waals surface area (Å²) in [5, 5.41) is 18.6. The van der Waals surface area contributed by atoms with Crippen LogP contribution in [-0.2, 0) is 14.3 Å². The topological polar surface area (TPSA) is 110 Å².